The largest absolute Gasteiger partial charge is 0.497 e. The van der Waals surface area contributed by atoms with Gasteiger partial charge in [0.2, 0.25) is 11.8 Å². The molecule has 0 radical (unpaired) electrons. The first-order chi connectivity index (χ1) is 10.3. The molecule has 1 atom stereocenters. The summed E-state index contributed by atoms with van der Waals surface area (Å²) in [6.45, 7) is 0.962. The zero-order valence-corrected chi connectivity index (χ0v) is 12.3. The highest BCUT2D eigenvalue weighted by molar-refractivity contribution is 5.40. The molecular formula is C16H19N3O2. The van der Waals surface area contributed by atoms with Crippen molar-refractivity contribution in [3.05, 3.63) is 42.1 Å². The normalized spacial score (nSPS) is 17.8. The number of anilines is 1. The van der Waals surface area contributed by atoms with E-state index in [1.807, 2.05) is 12.1 Å². The second kappa shape index (κ2) is 5.99. The van der Waals surface area contributed by atoms with Crippen molar-refractivity contribution in [1.82, 2.24) is 9.97 Å². The van der Waals surface area contributed by atoms with Gasteiger partial charge >= 0.3 is 0 Å². The number of benzene rings is 1. The second-order valence-corrected chi connectivity index (χ2v) is 5.02. The van der Waals surface area contributed by atoms with E-state index >= 15 is 0 Å². The number of hydrogen-bond acceptors (Lipinski definition) is 5. The Morgan fingerprint density at radius 1 is 1.10 bits per heavy atom. The Morgan fingerprint density at radius 3 is 2.62 bits per heavy atom. The molecule has 2 aromatic rings. The average Bonchev–Trinajstić information content (AvgIpc) is 3.04. The number of aromatic nitrogens is 2. The van der Waals surface area contributed by atoms with Crippen molar-refractivity contribution in [2.75, 3.05) is 25.7 Å². The molecule has 1 unspecified atom stereocenters. The topological polar surface area (TPSA) is 47.5 Å². The van der Waals surface area contributed by atoms with Gasteiger partial charge in [0.1, 0.15) is 5.75 Å². The van der Waals surface area contributed by atoms with E-state index in [4.69, 9.17) is 9.47 Å². The molecule has 2 heterocycles. The van der Waals surface area contributed by atoms with Crippen LogP contribution in [0.3, 0.4) is 0 Å². The summed E-state index contributed by atoms with van der Waals surface area (Å²) in [5.74, 6) is 2.20. The van der Waals surface area contributed by atoms with E-state index in [0.717, 1.165) is 31.1 Å². The molecule has 1 aromatic heterocycles. The minimum absolute atomic E-state index is 0.308. The quantitative estimate of drug-likeness (QED) is 0.864. The van der Waals surface area contributed by atoms with Crippen molar-refractivity contribution < 1.29 is 9.47 Å². The van der Waals surface area contributed by atoms with Crippen molar-refractivity contribution in [3.8, 4) is 11.6 Å². The van der Waals surface area contributed by atoms with Gasteiger partial charge in [0.15, 0.2) is 0 Å². The van der Waals surface area contributed by atoms with Crippen molar-refractivity contribution >= 4 is 5.95 Å². The third kappa shape index (κ3) is 2.77. The van der Waals surface area contributed by atoms with Crippen molar-refractivity contribution in [1.29, 1.82) is 0 Å². The summed E-state index contributed by atoms with van der Waals surface area (Å²) in [5, 5.41) is 0. The Labute approximate surface area is 124 Å². The molecule has 3 rings (SSSR count). The zero-order valence-electron chi connectivity index (χ0n) is 12.3. The number of ether oxygens (including phenoxy) is 2. The Hall–Kier alpha value is -2.30. The maximum atomic E-state index is 5.22. The predicted octanol–water partition coefficient (Wildman–Crippen LogP) is 2.84. The Morgan fingerprint density at radius 2 is 1.90 bits per heavy atom. The maximum Gasteiger partial charge on any atom is 0.229 e. The molecule has 0 saturated carbocycles. The van der Waals surface area contributed by atoms with Crippen LogP contribution in [0.1, 0.15) is 24.4 Å². The predicted molar refractivity (Wildman–Crippen MR) is 80.9 cm³/mol. The smallest absolute Gasteiger partial charge is 0.229 e. The number of methoxy groups -OCH3 is 2. The molecule has 110 valence electrons. The van der Waals surface area contributed by atoms with Gasteiger partial charge in [-0.1, -0.05) is 12.1 Å². The van der Waals surface area contributed by atoms with Crippen LogP contribution in [0.4, 0.5) is 5.95 Å². The lowest BCUT2D eigenvalue weighted by molar-refractivity contribution is 0.396. The Bertz CT molecular complexity index is 601. The van der Waals surface area contributed by atoms with Gasteiger partial charge in [0.25, 0.3) is 0 Å². The van der Waals surface area contributed by atoms with Crippen molar-refractivity contribution in [2.24, 2.45) is 0 Å². The van der Waals surface area contributed by atoms with Crippen LogP contribution in [0.5, 0.6) is 11.6 Å². The van der Waals surface area contributed by atoms with Crippen LogP contribution in [0, 0.1) is 0 Å². The molecule has 0 N–H and O–H groups in total. The minimum Gasteiger partial charge on any atom is -0.497 e. The molecular weight excluding hydrogens is 266 g/mol. The first-order valence-corrected chi connectivity index (χ1v) is 7.09. The highest BCUT2D eigenvalue weighted by Crippen LogP contribution is 2.35. The standard InChI is InChI=1S/C16H19N3O2/c1-20-13-7-5-12(6-8-13)14-4-3-11-19(14)16-17-10-9-15(18-16)21-2/h5-10,14H,3-4,11H2,1-2H3. The lowest BCUT2D eigenvalue weighted by atomic mass is 10.0. The fourth-order valence-electron chi connectivity index (χ4n) is 2.76. The maximum absolute atomic E-state index is 5.22. The highest BCUT2D eigenvalue weighted by Gasteiger charge is 2.28. The molecule has 21 heavy (non-hydrogen) atoms. The molecule has 1 aliphatic rings. The van der Waals surface area contributed by atoms with Crippen LogP contribution >= 0.6 is 0 Å². The third-order valence-corrected chi connectivity index (χ3v) is 3.84. The van der Waals surface area contributed by atoms with Crippen molar-refractivity contribution in [3.63, 3.8) is 0 Å². The summed E-state index contributed by atoms with van der Waals surface area (Å²) in [4.78, 5) is 11.1. The van der Waals surface area contributed by atoms with Gasteiger partial charge in [0.05, 0.1) is 20.3 Å². The fourth-order valence-corrected chi connectivity index (χ4v) is 2.76. The first kappa shape index (κ1) is 13.7. The summed E-state index contributed by atoms with van der Waals surface area (Å²) >= 11 is 0. The molecule has 0 amide bonds. The summed E-state index contributed by atoms with van der Waals surface area (Å²) in [6.07, 6.45) is 3.98. The molecule has 1 aromatic carbocycles. The highest BCUT2D eigenvalue weighted by atomic mass is 16.5. The van der Waals surface area contributed by atoms with Crippen LogP contribution in [0.15, 0.2) is 36.5 Å². The summed E-state index contributed by atoms with van der Waals surface area (Å²) < 4.78 is 10.4. The number of hydrogen-bond donors (Lipinski definition) is 0. The van der Waals surface area contributed by atoms with E-state index in [0.29, 0.717) is 11.9 Å². The molecule has 5 heteroatoms. The molecule has 1 saturated heterocycles. The molecule has 0 aliphatic carbocycles. The molecule has 5 nitrogen and oxygen atoms in total. The van der Waals surface area contributed by atoms with Crippen LogP contribution in [0.25, 0.3) is 0 Å². The SMILES string of the molecule is COc1ccc(C2CCCN2c2nccc(OC)n2)cc1. The molecule has 0 spiro atoms. The van der Waals surface area contributed by atoms with Gasteiger partial charge in [-0.05, 0) is 30.5 Å². The van der Waals surface area contributed by atoms with Crippen LogP contribution < -0.4 is 14.4 Å². The molecule has 1 fully saturated rings. The van der Waals surface area contributed by atoms with Gasteiger partial charge in [0, 0.05) is 18.8 Å². The lowest BCUT2D eigenvalue weighted by Crippen LogP contribution is -2.24. The molecule has 0 bridgehead atoms. The van der Waals surface area contributed by atoms with E-state index in [1.165, 1.54) is 5.56 Å². The molecule has 1 aliphatic heterocycles. The lowest BCUT2D eigenvalue weighted by Gasteiger charge is -2.25. The minimum atomic E-state index is 0.308. The Kier molecular flexibility index (Phi) is 3.90. The fraction of sp³-hybridized carbons (Fsp3) is 0.375. The Balaban J connectivity index is 1.87. The van der Waals surface area contributed by atoms with E-state index in [-0.39, 0.29) is 0 Å². The van der Waals surface area contributed by atoms with E-state index < -0.39 is 0 Å². The summed E-state index contributed by atoms with van der Waals surface area (Å²) in [7, 11) is 3.30. The summed E-state index contributed by atoms with van der Waals surface area (Å²) in [5.41, 5.74) is 1.26. The zero-order chi connectivity index (χ0) is 14.7. The third-order valence-electron chi connectivity index (χ3n) is 3.84. The van der Waals surface area contributed by atoms with E-state index in [9.17, 15) is 0 Å². The summed E-state index contributed by atoms with van der Waals surface area (Å²) in [6, 6.07) is 10.3. The van der Waals surface area contributed by atoms with Gasteiger partial charge in [-0.2, -0.15) is 4.98 Å². The van der Waals surface area contributed by atoms with Gasteiger partial charge in [-0.15, -0.1) is 0 Å². The van der Waals surface area contributed by atoms with Gasteiger partial charge in [-0.3, -0.25) is 0 Å². The van der Waals surface area contributed by atoms with E-state index in [2.05, 4.69) is 27.0 Å². The second-order valence-electron chi connectivity index (χ2n) is 5.02. The van der Waals surface area contributed by atoms with Crippen LogP contribution in [0.2, 0.25) is 0 Å². The number of nitrogens with zero attached hydrogens (tertiary/aromatic N) is 3. The van der Waals surface area contributed by atoms with Gasteiger partial charge < -0.3 is 14.4 Å². The first-order valence-electron chi connectivity index (χ1n) is 7.09. The van der Waals surface area contributed by atoms with Crippen molar-refractivity contribution in [2.45, 2.75) is 18.9 Å². The monoisotopic (exact) mass is 285 g/mol. The van der Waals surface area contributed by atoms with Crippen LogP contribution in [-0.2, 0) is 0 Å². The average molecular weight is 285 g/mol. The van der Waals surface area contributed by atoms with E-state index in [1.54, 1.807) is 26.5 Å². The number of rotatable bonds is 4. The van der Waals surface area contributed by atoms with Gasteiger partial charge in [-0.25, -0.2) is 4.98 Å². The van der Waals surface area contributed by atoms with Crippen LogP contribution in [-0.4, -0.2) is 30.7 Å².